The van der Waals surface area contributed by atoms with E-state index in [4.69, 9.17) is 0 Å². The highest BCUT2D eigenvalue weighted by atomic mass is 32.2. The summed E-state index contributed by atoms with van der Waals surface area (Å²) in [4.78, 5) is 10.5. The Kier molecular flexibility index (Phi) is 6.65. The fourth-order valence-electron chi connectivity index (χ4n) is 3.83. The maximum atomic E-state index is 14.4. The van der Waals surface area contributed by atoms with Crippen molar-refractivity contribution in [2.45, 2.75) is 36.6 Å². The van der Waals surface area contributed by atoms with E-state index >= 15 is 0 Å². The number of carboxylic acid groups (broad SMARTS) is 1. The minimum atomic E-state index is -5.54. The first kappa shape index (κ1) is 24.4. The summed E-state index contributed by atoms with van der Waals surface area (Å²) in [7, 11) is -5.54. The third kappa shape index (κ3) is 4.93. The van der Waals surface area contributed by atoms with Crippen LogP contribution in [0, 0.1) is 12.7 Å². The topological polar surface area (TPSA) is 71.4 Å². The molecule has 4 nitrogen and oxygen atoms in total. The van der Waals surface area contributed by atoms with Crippen LogP contribution in [0.5, 0.6) is 0 Å². The standard InChI is InChI=1S/C24H20F4O4S/c1-3-5-16-10-18(25)13-22-20(14(2)17(11-21(16)22)12-23(29)30)9-15-6-4-7-19(8-15)33(31,32)24(26,27)28/h3-4,6-8,10-11,13H,1,5,9,12H2,2H3,(H,29,30). The van der Waals surface area contributed by atoms with E-state index in [1.54, 1.807) is 19.1 Å². The van der Waals surface area contributed by atoms with Crippen molar-refractivity contribution in [3.8, 4) is 0 Å². The number of benzene rings is 3. The Morgan fingerprint density at radius 1 is 1.09 bits per heavy atom. The number of fused-ring (bicyclic) bond motifs is 1. The van der Waals surface area contributed by atoms with E-state index in [-0.39, 0.29) is 18.4 Å². The number of hydrogen-bond acceptors (Lipinski definition) is 3. The van der Waals surface area contributed by atoms with Crippen LogP contribution in [0.1, 0.15) is 27.8 Å². The zero-order valence-electron chi connectivity index (χ0n) is 17.5. The van der Waals surface area contributed by atoms with Gasteiger partial charge in [0.05, 0.1) is 11.3 Å². The van der Waals surface area contributed by atoms with Crippen molar-refractivity contribution in [1.29, 1.82) is 0 Å². The van der Waals surface area contributed by atoms with E-state index < -0.39 is 32.0 Å². The summed E-state index contributed by atoms with van der Waals surface area (Å²) in [6.07, 6.45) is 1.58. The molecule has 0 aromatic heterocycles. The molecule has 0 fully saturated rings. The molecule has 0 aliphatic carbocycles. The SMILES string of the molecule is C=CCc1cc(F)cc2c(Cc3cccc(S(=O)(=O)C(F)(F)F)c3)c(C)c(CC(=O)O)cc12. The van der Waals surface area contributed by atoms with Crippen LogP contribution in [0.4, 0.5) is 17.6 Å². The summed E-state index contributed by atoms with van der Waals surface area (Å²) in [6, 6.07) is 8.74. The Morgan fingerprint density at radius 2 is 1.79 bits per heavy atom. The average molecular weight is 480 g/mol. The monoisotopic (exact) mass is 480 g/mol. The lowest BCUT2D eigenvalue weighted by atomic mass is 9.87. The van der Waals surface area contributed by atoms with E-state index in [0.717, 1.165) is 12.1 Å². The van der Waals surface area contributed by atoms with Crippen LogP contribution >= 0.6 is 0 Å². The predicted molar refractivity (Wildman–Crippen MR) is 116 cm³/mol. The molecule has 0 unspecified atom stereocenters. The molecule has 174 valence electrons. The fraction of sp³-hybridized carbons (Fsp3) is 0.208. The minimum absolute atomic E-state index is 0.0198. The summed E-state index contributed by atoms with van der Waals surface area (Å²) < 4.78 is 77.0. The van der Waals surface area contributed by atoms with Crippen molar-refractivity contribution in [3.63, 3.8) is 0 Å². The van der Waals surface area contributed by atoms with Crippen LogP contribution in [-0.2, 0) is 33.9 Å². The van der Waals surface area contributed by atoms with Crippen molar-refractivity contribution < 1.29 is 35.9 Å². The number of carboxylic acids is 1. The van der Waals surface area contributed by atoms with E-state index in [1.807, 2.05) is 0 Å². The van der Waals surface area contributed by atoms with E-state index in [2.05, 4.69) is 6.58 Å². The molecule has 0 atom stereocenters. The smallest absolute Gasteiger partial charge is 0.481 e. The first-order chi connectivity index (χ1) is 15.3. The molecular weight excluding hydrogens is 460 g/mol. The zero-order chi connectivity index (χ0) is 24.6. The van der Waals surface area contributed by atoms with E-state index in [1.165, 1.54) is 24.3 Å². The molecule has 0 bridgehead atoms. The van der Waals surface area contributed by atoms with Crippen LogP contribution in [0.2, 0.25) is 0 Å². The van der Waals surface area contributed by atoms with Gasteiger partial charge in [0.15, 0.2) is 0 Å². The van der Waals surface area contributed by atoms with Crippen LogP contribution in [-0.4, -0.2) is 25.0 Å². The largest absolute Gasteiger partial charge is 0.501 e. The molecule has 0 heterocycles. The van der Waals surface area contributed by atoms with Crippen molar-refractivity contribution in [3.05, 3.63) is 88.8 Å². The number of carbonyl (C=O) groups is 1. The van der Waals surface area contributed by atoms with Gasteiger partial charge >= 0.3 is 11.5 Å². The molecule has 0 aliphatic rings. The maximum Gasteiger partial charge on any atom is 0.501 e. The molecule has 9 heteroatoms. The molecular formula is C24H20F4O4S. The van der Waals surface area contributed by atoms with Crippen molar-refractivity contribution in [2.75, 3.05) is 0 Å². The van der Waals surface area contributed by atoms with Crippen molar-refractivity contribution in [2.24, 2.45) is 0 Å². The quantitative estimate of drug-likeness (QED) is 0.357. The number of halogens is 4. The van der Waals surface area contributed by atoms with Gasteiger partial charge < -0.3 is 5.11 Å². The fourth-order valence-corrected chi connectivity index (χ4v) is 4.66. The second kappa shape index (κ2) is 8.97. The van der Waals surface area contributed by atoms with Crippen LogP contribution in [0.15, 0.2) is 60.0 Å². The summed E-state index contributed by atoms with van der Waals surface area (Å²) in [5.74, 6) is -1.60. The first-order valence-corrected chi connectivity index (χ1v) is 11.3. The average Bonchev–Trinajstić information content (AvgIpc) is 2.71. The molecule has 0 saturated carbocycles. The highest BCUT2D eigenvalue weighted by Crippen LogP contribution is 2.34. The lowest BCUT2D eigenvalue weighted by Gasteiger charge is -2.18. The van der Waals surface area contributed by atoms with Crippen LogP contribution in [0.3, 0.4) is 0 Å². The molecule has 33 heavy (non-hydrogen) atoms. The number of aliphatic carboxylic acids is 1. The van der Waals surface area contributed by atoms with E-state index in [9.17, 15) is 35.9 Å². The van der Waals surface area contributed by atoms with Crippen molar-refractivity contribution >= 4 is 26.6 Å². The number of hydrogen-bond donors (Lipinski definition) is 1. The van der Waals surface area contributed by atoms with Gasteiger partial charge in [-0.2, -0.15) is 13.2 Å². The van der Waals surface area contributed by atoms with Gasteiger partial charge in [0, 0.05) is 0 Å². The Balaban J connectivity index is 2.24. The molecule has 0 aliphatic heterocycles. The Labute approximate surface area is 188 Å². The predicted octanol–water partition coefficient (Wildman–Crippen LogP) is 5.53. The Morgan fingerprint density at radius 3 is 2.39 bits per heavy atom. The maximum absolute atomic E-state index is 14.4. The van der Waals surface area contributed by atoms with Gasteiger partial charge in [0.2, 0.25) is 0 Å². The number of sulfone groups is 1. The number of alkyl halides is 3. The second-order valence-corrected chi connectivity index (χ2v) is 9.58. The normalized spacial score (nSPS) is 12.2. The molecule has 1 N–H and O–H groups in total. The highest BCUT2D eigenvalue weighted by molar-refractivity contribution is 7.92. The number of rotatable bonds is 7. The van der Waals surface area contributed by atoms with Gasteiger partial charge in [-0.05, 0) is 88.7 Å². The minimum Gasteiger partial charge on any atom is -0.481 e. The Bertz CT molecular complexity index is 1360. The van der Waals surface area contributed by atoms with Crippen LogP contribution in [0.25, 0.3) is 10.8 Å². The van der Waals surface area contributed by atoms with Gasteiger partial charge in [-0.1, -0.05) is 18.2 Å². The molecule has 3 rings (SSSR count). The van der Waals surface area contributed by atoms with Gasteiger partial charge in [-0.25, -0.2) is 12.8 Å². The number of allylic oxidation sites excluding steroid dienone is 1. The molecule has 0 saturated heterocycles. The van der Waals surface area contributed by atoms with Gasteiger partial charge in [-0.15, -0.1) is 6.58 Å². The van der Waals surface area contributed by atoms with Crippen LogP contribution < -0.4 is 0 Å². The molecule has 0 spiro atoms. The third-order valence-corrected chi connectivity index (χ3v) is 6.89. The molecule has 0 radical (unpaired) electrons. The summed E-state index contributed by atoms with van der Waals surface area (Å²) in [5, 5.41) is 10.4. The van der Waals surface area contributed by atoms with Gasteiger partial charge in [0.25, 0.3) is 9.84 Å². The molecule has 3 aromatic carbocycles. The van der Waals surface area contributed by atoms with Gasteiger partial charge in [-0.3, -0.25) is 4.79 Å². The lowest BCUT2D eigenvalue weighted by Crippen LogP contribution is -2.23. The second-order valence-electron chi connectivity index (χ2n) is 7.64. The highest BCUT2D eigenvalue weighted by Gasteiger charge is 2.46. The molecule has 3 aromatic rings. The third-order valence-electron chi connectivity index (χ3n) is 5.41. The molecule has 0 amide bonds. The summed E-state index contributed by atoms with van der Waals surface area (Å²) in [6.45, 7) is 5.31. The lowest BCUT2D eigenvalue weighted by molar-refractivity contribution is -0.136. The van der Waals surface area contributed by atoms with Gasteiger partial charge in [0.1, 0.15) is 5.82 Å². The first-order valence-electron chi connectivity index (χ1n) is 9.81. The van der Waals surface area contributed by atoms with Crippen molar-refractivity contribution in [1.82, 2.24) is 0 Å². The Hall–Kier alpha value is -3.20. The van der Waals surface area contributed by atoms with E-state index in [0.29, 0.717) is 39.4 Å². The summed E-state index contributed by atoms with van der Waals surface area (Å²) >= 11 is 0. The summed E-state index contributed by atoms with van der Waals surface area (Å²) in [5.41, 5.74) is -3.08. The zero-order valence-corrected chi connectivity index (χ0v) is 18.4.